The Morgan fingerprint density at radius 2 is 2.22 bits per heavy atom. The van der Waals surface area contributed by atoms with Gasteiger partial charge in [-0.2, -0.15) is 0 Å². The maximum atomic E-state index is 11.1. The van der Waals surface area contributed by atoms with Crippen molar-refractivity contribution < 1.29 is 4.92 Å². The molecule has 1 aromatic carbocycles. The van der Waals surface area contributed by atoms with Crippen molar-refractivity contribution in [2.24, 2.45) is 0 Å². The topological polar surface area (TPSA) is 58.4 Å². The molecular weight excluding hydrogens is 298 g/mol. The van der Waals surface area contributed by atoms with Crippen molar-refractivity contribution in [2.75, 3.05) is 24.5 Å². The van der Waals surface area contributed by atoms with E-state index in [0.29, 0.717) is 5.69 Å². The van der Waals surface area contributed by atoms with Gasteiger partial charge < -0.3 is 10.2 Å². The number of hydrogen-bond acceptors (Lipinski definition) is 4. The van der Waals surface area contributed by atoms with Crippen LogP contribution in [0, 0.1) is 10.1 Å². The van der Waals surface area contributed by atoms with E-state index in [0.717, 1.165) is 24.1 Å². The van der Waals surface area contributed by atoms with Crippen molar-refractivity contribution >= 4 is 27.3 Å². The summed E-state index contributed by atoms with van der Waals surface area (Å²) in [6, 6.07) is 5.07. The van der Waals surface area contributed by atoms with E-state index < -0.39 is 0 Å². The smallest absolute Gasteiger partial charge is 0.292 e. The number of hydrogen-bond donors (Lipinski definition) is 1. The first-order chi connectivity index (χ1) is 8.39. The fourth-order valence-electron chi connectivity index (χ4n) is 2.25. The molecule has 1 aliphatic rings. The Morgan fingerprint density at radius 1 is 1.50 bits per heavy atom. The number of nitro benzene ring substituents is 1. The Morgan fingerprint density at radius 3 is 2.83 bits per heavy atom. The molecule has 0 aliphatic carbocycles. The molecule has 1 aromatic rings. The zero-order valence-electron chi connectivity index (χ0n) is 10.4. The van der Waals surface area contributed by atoms with Crippen LogP contribution in [-0.4, -0.2) is 30.1 Å². The van der Waals surface area contributed by atoms with Gasteiger partial charge in [-0.1, -0.05) is 15.9 Å². The molecule has 1 heterocycles. The molecule has 0 amide bonds. The zero-order chi connectivity index (χ0) is 13.3. The number of anilines is 1. The van der Waals surface area contributed by atoms with Gasteiger partial charge in [-0.25, -0.2) is 0 Å². The van der Waals surface area contributed by atoms with Crippen LogP contribution in [0.4, 0.5) is 11.4 Å². The monoisotopic (exact) mass is 313 g/mol. The van der Waals surface area contributed by atoms with Gasteiger partial charge in [0.2, 0.25) is 0 Å². The number of nitrogens with zero attached hydrogens (tertiary/aromatic N) is 2. The van der Waals surface area contributed by atoms with E-state index in [9.17, 15) is 10.1 Å². The Balaban J connectivity index is 2.37. The van der Waals surface area contributed by atoms with Crippen LogP contribution in [0.5, 0.6) is 0 Å². The third-order valence-corrected chi connectivity index (χ3v) is 3.54. The summed E-state index contributed by atoms with van der Waals surface area (Å²) in [5.74, 6) is 0. The zero-order valence-corrected chi connectivity index (χ0v) is 12.0. The second-order valence-electron chi connectivity index (χ2n) is 5.12. The van der Waals surface area contributed by atoms with E-state index >= 15 is 0 Å². The number of nitro groups is 1. The van der Waals surface area contributed by atoms with Gasteiger partial charge in [-0.15, -0.1) is 0 Å². The largest absolute Gasteiger partial charge is 0.363 e. The molecule has 5 nitrogen and oxygen atoms in total. The van der Waals surface area contributed by atoms with E-state index in [-0.39, 0.29) is 16.1 Å². The first-order valence-corrected chi connectivity index (χ1v) is 6.62. The third-order valence-electron chi connectivity index (χ3n) is 3.05. The van der Waals surface area contributed by atoms with Crippen LogP contribution in [0.1, 0.15) is 13.8 Å². The van der Waals surface area contributed by atoms with Crippen LogP contribution in [0.15, 0.2) is 22.7 Å². The molecule has 1 fully saturated rings. The van der Waals surface area contributed by atoms with Gasteiger partial charge in [0.25, 0.3) is 5.69 Å². The van der Waals surface area contributed by atoms with E-state index in [1.165, 1.54) is 0 Å². The lowest BCUT2D eigenvalue weighted by Crippen LogP contribution is -2.57. The average Bonchev–Trinajstić information content (AvgIpc) is 2.27. The second-order valence-corrected chi connectivity index (χ2v) is 6.04. The van der Waals surface area contributed by atoms with Crippen molar-refractivity contribution in [1.82, 2.24) is 5.32 Å². The summed E-state index contributed by atoms with van der Waals surface area (Å²) < 4.78 is 0.861. The molecule has 0 spiro atoms. The Hall–Kier alpha value is -1.14. The number of halogens is 1. The lowest BCUT2D eigenvalue weighted by atomic mass is 10.0. The predicted octanol–water partition coefficient (Wildman–Crippen LogP) is 2.55. The van der Waals surface area contributed by atoms with E-state index in [2.05, 4.69) is 40.0 Å². The highest BCUT2D eigenvalue weighted by atomic mass is 79.9. The van der Waals surface area contributed by atoms with E-state index in [4.69, 9.17) is 0 Å². The Bertz CT molecular complexity index is 476. The minimum absolute atomic E-state index is 0.0333. The fraction of sp³-hybridized carbons (Fsp3) is 0.500. The van der Waals surface area contributed by atoms with Crippen molar-refractivity contribution in [1.29, 1.82) is 0 Å². The molecular formula is C12H16BrN3O2. The predicted molar refractivity (Wildman–Crippen MR) is 75.1 cm³/mol. The molecule has 18 heavy (non-hydrogen) atoms. The van der Waals surface area contributed by atoms with Crippen LogP contribution in [-0.2, 0) is 0 Å². The summed E-state index contributed by atoms with van der Waals surface area (Å²) in [5.41, 5.74) is 0.814. The van der Waals surface area contributed by atoms with Crippen LogP contribution in [0.3, 0.4) is 0 Å². The summed E-state index contributed by atoms with van der Waals surface area (Å²) in [7, 11) is 0. The Kier molecular flexibility index (Phi) is 3.59. The average molecular weight is 314 g/mol. The molecule has 2 rings (SSSR count). The van der Waals surface area contributed by atoms with E-state index in [1.807, 2.05) is 6.07 Å². The molecule has 6 heteroatoms. The highest BCUT2D eigenvalue weighted by Gasteiger charge is 2.29. The highest BCUT2D eigenvalue weighted by Crippen LogP contribution is 2.32. The normalized spacial score (nSPS) is 18.7. The quantitative estimate of drug-likeness (QED) is 0.673. The summed E-state index contributed by atoms with van der Waals surface area (Å²) >= 11 is 3.38. The number of benzene rings is 1. The molecule has 0 atom stereocenters. The lowest BCUT2D eigenvalue weighted by Gasteiger charge is -2.40. The van der Waals surface area contributed by atoms with Gasteiger partial charge in [0, 0.05) is 35.7 Å². The number of rotatable bonds is 2. The lowest BCUT2D eigenvalue weighted by molar-refractivity contribution is -0.384. The van der Waals surface area contributed by atoms with Gasteiger partial charge in [0.05, 0.1) is 4.92 Å². The van der Waals surface area contributed by atoms with E-state index in [1.54, 1.807) is 12.1 Å². The van der Waals surface area contributed by atoms with Gasteiger partial charge >= 0.3 is 0 Å². The first kappa shape index (κ1) is 13.3. The SMILES string of the molecule is CC1(C)CN(c2cc(Br)ccc2[N+](=O)[O-])CCN1. The van der Waals surface area contributed by atoms with Crippen molar-refractivity contribution in [3.8, 4) is 0 Å². The van der Waals surface area contributed by atoms with Crippen molar-refractivity contribution in [2.45, 2.75) is 19.4 Å². The summed E-state index contributed by atoms with van der Waals surface area (Å²) in [4.78, 5) is 12.8. The molecule has 0 radical (unpaired) electrons. The maximum Gasteiger partial charge on any atom is 0.292 e. The van der Waals surface area contributed by atoms with Crippen molar-refractivity contribution in [3.63, 3.8) is 0 Å². The highest BCUT2D eigenvalue weighted by molar-refractivity contribution is 9.10. The maximum absolute atomic E-state index is 11.1. The summed E-state index contributed by atoms with van der Waals surface area (Å²) in [6.45, 7) is 6.56. The molecule has 0 aromatic heterocycles. The van der Waals surface area contributed by atoms with Gasteiger partial charge in [0.15, 0.2) is 0 Å². The van der Waals surface area contributed by atoms with Crippen molar-refractivity contribution in [3.05, 3.63) is 32.8 Å². The fourth-order valence-corrected chi connectivity index (χ4v) is 2.60. The first-order valence-electron chi connectivity index (χ1n) is 5.83. The molecule has 0 unspecified atom stereocenters. The third kappa shape index (κ3) is 2.81. The minimum atomic E-state index is -0.323. The minimum Gasteiger partial charge on any atom is -0.363 e. The van der Waals surface area contributed by atoms with Crippen LogP contribution < -0.4 is 10.2 Å². The molecule has 1 aliphatic heterocycles. The molecule has 1 saturated heterocycles. The van der Waals surface area contributed by atoms with Crippen LogP contribution in [0.2, 0.25) is 0 Å². The Labute approximate surface area is 114 Å². The standard InChI is InChI=1S/C12H16BrN3O2/c1-12(2)8-15(6-5-14-12)11-7-9(13)3-4-10(11)16(17)18/h3-4,7,14H,5-6,8H2,1-2H3. The second kappa shape index (κ2) is 4.85. The molecule has 1 N–H and O–H groups in total. The summed E-state index contributed by atoms with van der Waals surface area (Å²) in [5, 5.41) is 14.5. The summed E-state index contributed by atoms with van der Waals surface area (Å²) in [6.07, 6.45) is 0. The van der Waals surface area contributed by atoms with Crippen LogP contribution >= 0.6 is 15.9 Å². The van der Waals surface area contributed by atoms with Gasteiger partial charge in [-0.3, -0.25) is 10.1 Å². The van der Waals surface area contributed by atoms with Crippen LogP contribution in [0.25, 0.3) is 0 Å². The number of piperazine rings is 1. The molecule has 0 bridgehead atoms. The van der Waals surface area contributed by atoms with Gasteiger partial charge in [-0.05, 0) is 26.0 Å². The number of nitrogens with one attached hydrogen (secondary N) is 1. The van der Waals surface area contributed by atoms with Gasteiger partial charge in [0.1, 0.15) is 5.69 Å². The molecule has 0 saturated carbocycles. The molecule has 98 valence electrons.